The maximum Gasteiger partial charge on any atom is 1.00 e. The Labute approximate surface area is 201 Å². The van der Waals surface area contributed by atoms with Gasteiger partial charge >= 0.3 is 35.7 Å². The third-order valence-electron chi connectivity index (χ3n) is 4.68. The molecule has 168 valence electrons. The molecule has 0 saturated carbocycles. The number of nitrogens with zero attached hydrogens (tertiary/aromatic N) is 1. The molecular weight excluding hydrogens is 450 g/mol. The molecule has 5 atom stereocenters. The molecule has 4 N–H and O–H groups in total. The predicted molar refractivity (Wildman–Crippen MR) is 93.4 cm³/mol. The summed E-state index contributed by atoms with van der Waals surface area (Å²) in [6, 6.07) is 5.26. The number of alkyl halides is 3. The van der Waals surface area contributed by atoms with E-state index in [1.165, 1.54) is 12.1 Å². The molecule has 1 aliphatic rings. The van der Waals surface area contributed by atoms with E-state index in [9.17, 15) is 43.5 Å². The number of carbonyl (C=O) groups excluding carboxylic acids is 1. The molecule has 1 fully saturated rings. The van der Waals surface area contributed by atoms with Crippen molar-refractivity contribution in [1.29, 1.82) is 0 Å². The number of aromatic carboxylic acids is 1. The van der Waals surface area contributed by atoms with Gasteiger partial charge in [-0.1, -0.05) is 12.1 Å². The standard InChI is InChI=1S/C19H18F3NO8.Na/c20-19(21,22)10-5-8(9-1-3-11(17(28)29)23-6-9)2-4-12(10)30-18-16(27)15(26)14(25)13(7-24)31-18;/h1-6,13-16,18,24-27H,7H2,(H,28,29);/q;+1/p-1/t13-,14-,15+,16+,18+;/m1./s1. The van der Waals surface area contributed by atoms with Gasteiger partial charge in [0.1, 0.15) is 30.2 Å². The van der Waals surface area contributed by atoms with Gasteiger partial charge in [0.05, 0.1) is 23.8 Å². The number of aliphatic hydroxyl groups excluding tert-OH is 4. The number of halogens is 3. The number of aliphatic hydroxyl groups is 4. The molecule has 0 bridgehead atoms. The molecular formula is C19H17F3NNaO8. The number of aromatic nitrogens is 1. The van der Waals surface area contributed by atoms with E-state index in [1.807, 2.05) is 0 Å². The number of benzene rings is 1. The first kappa shape index (κ1) is 26.5. The van der Waals surface area contributed by atoms with E-state index < -0.39 is 60.8 Å². The van der Waals surface area contributed by atoms with Gasteiger partial charge in [-0.15, -0.1) is 0 Å². The van der Waals surface area contributed by atoms with Crippen LogP contribution in [0.15, 0.2) is 36.5 Å². The minimum Gasteiger partial charge on any atom is -0.543 e. The second-order valence-electron chi connectivity index (χ2n) is 6.74. The van der Waals surface area contributed by atoms with Crippen LogP contribution in [0.4, 0.5) is 13.2 Å². The molecule has 1 aliphatic heterocycles. The van der Waals surface area contributed by atoms with Crippen LogP contribution in [-0.2, 0) is 10.9 Å². The van der Waals surface area contributed by atoms with Gasteiger partial charge < -0.3 is 39.8 Å². The summed E-state index contributed by atoms with van der Waals surface area (Å²) in [6.07, 6.45) is -12.4. The summed E-state index contributed by atoms with van der Waals surface area (Å²) in [6.45, 7) is -0.773. The molecule has 2 heterocycles. The number of carboxylic acid groups (broad SMARTS) is 1. The van der Waals surface area contributed by atoms with Crippen LogP contribution in [-0.4, -0.2) is 68.7 Å². The maximum absolute atomic E-state index is 13.6. The Kier molecular flexibility index (Phi) is 8.64. The summed E-state index contributed by atoms with van der Waals surface area (Å²) in [5.74, 6) is -2.27. The summed E-state index contributed by atoms with van der Waals surface area (Å²) in [5.41, 5.74) is -1.39. The normalized spacial score (nSPS) is 25.7. The van der Waals surface area contributed by atoms with Crippen LogP contribution in [0.25, 0.3) is 11.1 Å². The number of carboxylic acids is 1. The van der Waals surface area contributed by atoms with Crippen LogP contribution < -0.4 is 39.4 Å². The van der Waals surface area contributed by atoms with Gasteiger partial charge in [0, 0.05) is 11.8 Å². The quantitative estimate of drug-likeness (QED) is 0.326. The van der Waals surface area contributed by atoms with Crippen molar-refractivity contribution in [2.45, 2.75) is 36.9 Å². The van der Waals surface area contributed by atoms with Gasteiger partial charge in [0.15, 0.2) is 0 Å². The van der Waals surface area contributed by atoms with Crippen molar-refractivity contribution in [2.75, 3.05) is 6.61 Å². The minimum absolute atomic E-state index is 0. The van der Waals surface area contributed by atoms with Gasteiger partial charge in [0.25, 0.3) is 0 Å². The van der Waals surface area contributed by atoms with Crippen molar-refractivity contribution in [3.05, 3.63) is 47.8 Å². The number of hydrogen-bond acceptors (Lipinski definition) is 9. The SMILES string of the molecule is O=C([O-])c1ccc(-c2ccc(O[C@H]3O[C@H](CO)[C@@H](O)[C@H](O)[C@@H]3O)c(C(F)(F)F)c2)cn1.[Na+]. The van der Waals surface area contributed by atoms with Crippen molar-refractivity contribution in [1.82, 2.24) is 4.98 Å². The first-order valence-electron chi connectivity index (χ1n) is 8.89. The molecule has 13 heteroatoms. The van der Waals surface area contributed by atoms with E-state index in [0.29, 0.717) is 0 Å². The van der Waals surface area contributed by atoms with Crippen LogP contribution in [0, 0.1) is 0 Å². The molecule has 0 radical (unpaired) electrons. The fourth-order valence-electron chi connectivity index (χ4n) is 3.01. The summed E-state index contributed by atoms with van der Waals surface area (Å²) >= 11 is 0. The third kappa shape index (κ3) is 5.58. The van der Waals surface area contributed by atoms with E-state index >= 15 is 0 Å². The molecule has 0 aliphatic carbocycles. The fourth-order valence-corrected chi connectivity index (χ4v) is 3.01. The van der Waals surface area contributed by atoms with Crippen molar-refractivity contribution in [3.8, 4) is 16.9 Å². The predicted octanol–water partition coefficient (Wildman–Crippen LogP) is -3.69. The molecule has 2 aromatic rings. The van der Waals surface area contributed by atoms with Gasteiger partial charge in [-0.3, -0.25) is 4.98 Å². The average molecular weight is 467 g/mol. The molecule has 0 spiro atoms. The van der Waals surface area contributed by atoms with E-state index in [-0.39, 0.29) is 46.4 Å². The first-order valence-corrected chi connectivity index (χ1v) is 8.89. The van der Waals surface area contributed by atoms with Gasteiger partial charge in [-0.05, 0) is 23.8 Å². The Morgan fingerprint density at radius 2 is 1.75 bits per heavy atom. The average Bonchev–Trinajstić information content (AvgIpc) is 2.73. The number of pyridine rings is 1. The number of carbonyl (C=O) groups is 1. The van der Waals surface area contributed by atoms with Crippen LogP contribution in [0.1, 0.15) is 16.1 Å². The topological polar surface area (TPSA) is 152 Å². The van der Waals surface area contributed by atoms with Crippen LogP contribution in [0.2, 0.25) is 0 Å². The zero-order valence-electron chi connectivity index (χ0n) is 16.6. The first-order chi connectivity index (χ1) is 14.5. The van der Waals surface area contributed by atoms with Gasteiger partial charge in [-0.25, -0.2) is 0 Å². The number of ether oxygens (including phenoxy) is 2. The minimum atomic E-state index is -4.89. The molecule has 3 rings (SSSR count). The second-order valence-corrected chi connectivity index (χ2v) is 6.74. The smallest absolute Gasteiger partial charge is 0.543 e. The molecule has 0 amide bonds. The Morgan fingerprint density at radius 3 is 2.28 bits per heavy atom. The van der Waals surface area contributed by atoms with E-state index in [1.54, 1.807) is 0 Å². The molecule has 1 aromatic carbocycles. The van der Waals surface area contributed by atoms with E-state index in [4.69, 9.17) is 9.47 Å². The molecule has 1 aromatic heterocycles. The fraction of sp³-hybridized carbons (Fsp3) is 0.368. The summed E-state index contributed by atoms with van der Waals surface area (Å²) in [7, 11) is 0. The van der Waals surface area contributed by atoms with Crippen LogP contribution in [0.3, 0.4) is 0 Å². The zero-order valence-corrected chi connectivity index (χ0v) is 18.6. The van der Waals surface area contributed by atoms with Crippen molar-refractivity contribution in [2.24, 2.45) is 0 Å². The Balaban J connectivity index is 0.00000363. The molecule has 1 saturated heterocycles. The summed E-state index contributed by atoms with van der Waals surface area (Å²) < 4.78 is 51.1. The van der Waals surface area contributed by atoms with Crippen LogP contribution in [0.5, 0.6) is 5.75 Å². The largest absolute Gasteiger partial charge is 1.00 e. The zero-order chi connectivity index (χ0) is 22.9. The Morgan fingerprint density at radius 1 is 1.09 bits per heavy atom. The molecule has 32 heavy (non-hydrogen) atoms. The second kappa shape index (κ2) is 10.4. The van der Waals surface area contributed by atoms with Gasteiger partial charge in [0.2, 0.25) is 6.29 Å². The monoisotopic (exact) mass is 467 g/mol. The number of hydrogen-bond donors (Lipinski definition) is 4. The van der Waals surface area contributed by atoms with Crippen molar-refractivity contribution >= 4 is 5.97 Å². The van der Waals surface area contributed by atoms with E-state index in [0.717, 1.165) is 24.4 Å². The third-order valence-corrected chi connectivity index (χ3v) is 4.68. The van der Waals surface area contributed by atoms with Gasteiger partial charge in [-0.2, -0.15) is 13.2 Å². The van der Waals surface area contributed by atoms with Crippen LogP contribution >= 0.6 is 0 Å². The summed E-state index contributed by atoms with van der Waals surface area (Å²) in [5, 5.41) is 49.5. The molecule has 0 unspecified atom stereocenters. The van der Waals surface area contributed by atoms with Crippen molar-refractivity contribution in [3.63, 3.8) is 0 Å². The van der Waals surface area contributed by atoms with E-state index in [2.05, 4.69) is 4.98 Å². The summed E-state index contributed by atoms with van der Waals surface area (Å²) in [4.78, 5) is 14.4. The number of rotatable bonds is 5. The molecule has 9 nitrogen and oxygen atoms in total. The van der Waals surface area contributed by atoms with Crippen molar-refractivity contribution < 1.29 is 82.5 Å². The maximum atomic E-state index is 13.6. The Bertz CT molecular complexity index is 941. The Hall–Kier alpha value is -1.77.